The van der Waals surface area contributed by atoms with Crippen molar-refractivity contribution in [2.24, 2.45) is 5.10 Å². The maximum atomic E-state index is 12.5. The van der Waals surface area contributed by atoms with E-state index in [1.807, 2.05) is 55.5 Å². The zero-order valence-corrected chi connectivity index (χ0v) is 13.9. The molecule has 0 spiro atoms. The highest BCUT2D eigenvalue weighted by Crippen LogP contribution is 2.33. The summed E-state index contributed by atoms with van der Waals surface area (Å²) in [6.07, 6.45) is 1.71. The van der Waals surface area contributed by atoms with Crippen molar-refractivity contribution < 1.29 is 4.79 Å². The van der Waals surface area contributed by atoms with Crippen LogP contribution in [-0.2, 0) is 12.8 Å². The minimum atomic E-state index is -0.261. The van der Waals surface area contributed by atoms with Crippen molar-refractivity contribution in [2.75, 3.05) is 0 Å². The molecule has 0 saturated heterocycles. The molecule has 1 heterocycles. The number of amides is 1. The highest BCUT2D eigenvalue weighted by molar-refractivity contribution is 6.01. The molecule has 0 bridgehead atoms. The van der Waals surface area contributed by atoms with Gasteiger partial charge in [0.2, 0.25) is 0 Å². The summed E-state index contributed by atoms with van der Waals surface area (Å²) >= 11 is 0. The molecule has 1 aliphatic rings. The molecule has 124 valence electrons. The zero-order valence-electron chi connectivity index (χ0n) is 13.9. The number of H-pyrrole nitrogens is 1. The largest absolute Gasteiger partial charge is 0.289 e. The average Bonchev–Trinajstić information content (AvgIpc) is 3.11. The van der Waals surface area contributed by atoms with Gasteiger partial charge in [-0.1, -0.05) is 54.6 Å². The van der Waals surface area contributed by atoms with Gasteiger partial charge in [-0.2, -0.15) is 10.2 Å². The van der Waals surface area contributed by atoms with Crippen molar-refractivity contribution in [3.8, 4) is 11.3 Å². The molecule has 5 nitrogen and oxygen atoms in total. The van der Waals surface area contributed by atoms with Crippen molar-refractivity contribution in [3.05, 3.63) is 77.0 Å². The summed E-state index contributed by atoms with van der Waals surface area (Å²) in [5.74, 6) is -0.261. The number of fused-ring (bicyclic) bond motifs is 3. The van der Waals surface area contributed by atoms with Crippen LogP contribution in [0.3, 0.4) is 0 Å². The van der Waals surface area contributed by atoms with E-state index in [9.17, 15) is 4.79 Å². The number of rotatable bonds is 3. The first-order valence-corrected chi connectivity index (χ1v) is 8.29. The van der Waals surface area contributed by atoms with Crippen LogP contribution in [0.2, 0.25) is 0 Å². The summed E-state index contributed by atoms with van der Waals surface area (Å²) in [7, 11) is 0. The fraction of sp³-hybridized carbons (Fsp3) is 0.150. The molecule has 4 rings (SSSR count). The summed E-state index contributed by atoms with van der Waals surface area (Å²) in [5, 5.41) is 11.5. The topological polar surface area (TPSA) is 70.1 Å². The van der Waals surface area contributed by atoms with E-state index in [-0.39, 0.29) is 5.91 Å². The number of nitrogens with zero attached hydrogens (tertiary/aromatic N) is 2. The number of carbonyl (C=O) groups excluding carboxylic acids is 1. The van der Waals surface area contributed by atoms with Gasteiger partial charge in [-0.15, -0.1) is 0 Å². The maximum absolute atomic E-state index is 12.5. The molecule has 3 aromatic rings. The van der Waals surface area contributed by atoms with E-state index in [0.29, 0.717) is 5.69 Å². The molecule has 5 heteroatoms. The quantitative estimate of drug-likeness (QED) is 0.571. The number of aromatic amines is 1. The summed E-state index contributed by atoms with van der Waals surface area (Å²) in [6, 6.07) is 17.9. The highest BCUT2D eigenvalue weighted by Gasteiger charge is 2.24. The first kappa shape index (κ1) is 15.3. The lowest BCUT2D eigenvalue weighted by Gasteiger charge is -2.15. The number of nitrogens with one attached hydrogen (secondary N) is 2. The SMILES string of the molecule is C/C(=N/NC(=O)c1[nH]nc2c1CCc1ccccc1-2)c1ccccc1. The monoisotopic (exact) mass is 330 g/mol. The third-order valence-corrected chi connectivity index (χ3v) is 4.53. The molecule has 0 unspecified atom stereocenters. The van der Waals surface area contributed by atoms with Crippen LogP contribution >= 0.6 is 0 Å². The predicted octanol–water partition coefficient (Wildman–Crippen LogP) is 3.33. The van der Waals surface area contributed by atoms with Crippen molar-refractivity contribution >= 4 is 11.6 Å². The van der Waals surface area contributed by atoms with Crippen LogP contribution in [0.25, 0.3) is 11.3 Å². The Bertz CT molecular complexity index is 957. The van der Waals surface area contributed by atoms with Gasteiger partial charge in [0.1, 0.15) is 5.69 Å². The van der Waals surface area contributed by atoms with E-state index in [2.05, 4.69) is 26.8 Å². The van der Waals surface area contributed by atoms with Crippen LogP contribution in [-0.4, -0.2) is 21.8 Å². The molecule has 1 aromatic heterocycles. The Kier molecular flexibility index (Phi) is 3.90. The normalized spacial score (nSPS) is 13.1. The van der Waals surface area contributed by atoms with Crippen molar-refractivity contribution in [2.45, 2.75) is 19.8 Å². The third-order valence-electron chi connectivity index (χ3n) is 4.53. The summed E-state index contributed by atoms with van der Waals surface area (Å²) < 4.78 is 0. The minimum absolute atomic E-state index is 0.261. The number of benzene rings is 2. The molecule has 0 aliphatic heterocycles. The third kappa shape index (κ3) is 2.85. The second-order valence-corrected chi connectivity index (χ2v) is 6.09. The lowest BCUT2D eigenvalue weighted by Crippen LogP contribution is -2.21. The van der Waals surface area contributed by atoms with Gasteiger partial charge in [0.25, 0.3) is 5.91 Å². The van der Waals surface area contributed by atoms with Gasteiger partial charge in [-0.25, -0.2) is 5.43 Å². The van der Waals surface area contributed by atoms with Gasteiger partial charge in [0.15, 0.2) is 0 Å². The molecule has 0 saturated carbocycles. The number of aromatic nitrogens is 2. The smallest absolute Gasteiger partial charge is 0.272 e. The van der Waals surface area contributed by atoms with E-state index in [1.54, 1.807) is 0 Å². The Morgan fingerprint density at radius 1 is 1.08 bits per heavy atom. The second-order valence-electron chi connectivity index (χ2n) is 6.09. The average molecular weight is 330 g/mol. The van der Waals surface area contributed by atoms with E-state index in [1.165, 1.54) is 5.56 Å². The molecule has 0 fully saturated rings. The minimum Gasteiger partial charge on any atom is -0.272 e. The van der Waals surface area contributed by atoms with Crippen LogP contribution in [0.4, 0.5) is 0 Å². The van der Waals surface area contributed by atoms with Gasteiger partial charge >= 0.3 is 0 Å². The Morgan fingerprint density at radius 3 is 2.68 bits per heavy atom. The number of aryl methyl sites for hydroxylation is 1. The lowest BCUT2D eigenvalue weighted by molar-refractivity contribution is 0.0949. The van der Waals surface area contributed by atoms with Crippen LogP contribution in [0.5, 0.6) is 0 Å². The van der Waals surface area contributed by atoms with Crippen molar-refractivity contribution in [3.63, 3.8) is 0 Å². The van der Waals surface area contributed by atoms with E-state index in [0.717, 1.165) is 40.9 Å². The fourth-order valence-electron chi connectivity index (χ4n) is 3.18. The Hall–Kier alpha value is -3.21. The van der Waals surface area contributed by atoms with Gasteiger partial charge in [-0.05, 0) is 30.9 Å². The molecule has 1 amide bonds. The Balaban J connectivity index is 1.58. The maximum Gasteiger partial charge on any atom is 0.289 e. The summed E-state index contributed by atoms with van der Waals surface area (Å²) in [4.78, 5) is 12.5. The first-order chi connectivity index (χ1) is 12.2. The van der Waals surface area contributed by atoms with Gasteiger partial charge in [0, 0.05) is 11.1 Å². The molecular formula is C20H18N4O. The lowest BCUT2D eigenvalue weighted by atomic mass is 9.89. The van der Waals surface area contributed by atoms with E-state index < -0.39 is 0 Å². The van der Waals surface area contributed by atoms with E-state index >= 15 is 0 Å². The molecule has 2 aromatic carbocycles. The predicted molar refractivity (Wildman–Crippen MR) is 97.6 cm³/mol. The summed E-state index contributed by atoms with van der Waals surface area (Å²) in [6.45, 7) is 1.87. The first-order valence-electron chi connectivity index (χ1n) is 8.29. The molecular weight excluding hydrogens is 312 g/mol. The standard InChI is InChI=1S/C20H18N4O/c1-13(14-7-3-2-4-8-14)21-24-20(25)19-17-12-11-15-9-5-6-10-16(15)18(17)22-23-19/h2-10H,11-12H2,1H3,(H,22,23)(H,24,25)/b21-13-. The number of hydrazone groups is 1. The number of hydrogen-bond donors (Lipinski definition) is 2. The zero-order chi connectivity index (χ0) is 17.2. The van der Waals surface area contributed by atoms with Gasteiger partial charge in [0.05, 0.1) is 11.4 Å². The molecule has 0 radical (unpaired) electrons. The van der Waals surface area contributed by atoms with Crippen LogP contribution < -0.4 is 5.43 Å². The number of carbonyl (C=O) groups is 1. The number of hydrogen-bond acceptors (Lipinski definition) is 3. The van der Waals surface area contributed by atoms with Crippen LogP contribution in [0, 0.1) is 0 Å². The molecule has 1 aliphatic carbocycles. The molecule has 0 atom stereocenters. The van der Waals surface area contributed by atoms with Crippen LogP contribution in [0.15, 0.2) is 59.7 Å². The Labute approximate surface area is 145 Å². The van der Waals surface area contributed by atoms with E-state index in [4.69, 9.17) is 0 Å². The second kappa shape index (κ2) is 6.36. The Morgan fingerprint density at radius 2 is 1.84 bits per heavy atom. The van der Waals surface area contributed by atoms with Crippen molar-refractivity contribution in [1.82, 2.24) is 15.6 Å². The van der Waals surface area contributed by atoms with Crippen LogP contribution in [0.1, 0.15) is 34.1 Å². The van der Waals surface area contributed by atoms with Gasteiger partial charge in [-0.3, -0.25) is 9.89 Å². The molecule has 2 N–H and O–H groups in total. The summed E-state index contributed by atoms with van der Waals surface area (Å²) in [5.41, 5.74) is 9.06. The van der Waals surface area contributed by atoms with Gasteiger partial charge < -0.3 is 0 Å². The fourth-order valence-corrected chi connectivity index (χ4v) is 3.18. The van der Waals surface area contributed by atoms with Crippen molar-refractivity contribution in [1.29, 1.82) is 0 Å². The molecule has 25 heavy (non-hydrogen) atoms. The highest BCUT2D eigenvalue weighted by atomic mass is 16.2.